The molecule has 0 saturated heterocycles. The van der Waals surface area contributed by atoms with E-state index >= 15 is 0 Å². The van der Waals surface area contributed by atoms with Gasteiger partial charge in [-0.25, -0.2) is 0 Å². The summed E-state index contributed by atoms with van der Waals surface area (Å²) in [5.41, 5.74) is 4.80. The number of fused-ring (bicyclic) bond motifs is 2. The quantitative estimate of drug-likeness (QED) is 0.0961. The van der Waals surface area contributed by atoms with Crippen LogP contribution in [0, 0.1) is 13.8 Å². The van der Waals surface area contributed by atoms with E-state index in [4.69, 9.17) is 0 Å². The maximum absolute atomic E-state index is 12.6. The van der Waals surface area contributed by atoms with E-state index in [0.717, 1.165) is 79.2 Å². The summed E-state index contributed by atoms with van der Waals surface area (Å²) in [5.74, 6) is 0. The van der Waals surface area contributed by atoms with Gasteiger partial charge < -0.3 is 0 Å². The molecule has 0 heterocycles. The summed E-state index contributed by atoms with van der Waals surface area (Å²) in [7, 11) is 0. The molecule has 0 bridgehead atoms. The molecule has 0 N–H and O–H groups in total. The van der Waals surface area contributed by atoms with Gasteiger partial charge in [0, 0.05) is 0 Å². The topological polar surface area (TPSA) is 0 Å². The molecule has 0 spiro atoms. The van der Waals surface area contributed by atoms with Gasteiger partial charge in [-0.15, -0.1) is 69.1 Å². The molecule has 0 nitrogen and oxygen atoms in total. The number of alkyl halides is 6. The smallest absolute Gasteiger partial charge is 0.166 e. The third-order valence-corrected chi connectivity index (χ3v) is 6.84. The Kier molecular flexibility index (Phi) is 10.6. The largest absolute Gasteiger partial charge is 0.416 e. The standard InChI is InChI=1S/2C17H12F3.C2H6Si.Zr/c2*1-11-9-13-3-2-4-15(16(13)10-11)12-5-7-14(8-6-12)17(18,19)20;1-3-2;/h2*2-10H,1H3;1-2H3;/q2*-1;;+2. The van der Waals surface area contributed by atoms with Crippen LogP contribution in [0.25, 0.3) is 43.8 Å². The van der Waals surface area contributed by atoms with Gasteiger partial charge in [0.05, 0.1) is 11.1 Å². The fraction of sp³-hybridized carbons (Fsp3) is 0.167. The third kappa shape index (κ3) is 8.48. The van der Waals surface area contributed by atoms with Gasteiger partial charge in [0.15, 0.2) is 0 Å². The number of halogens is 6. The van der Waals surface area contributed by atoms with Gasteiger partial charge in [-0.2, -0.15) is 38.5 Å². The van der Waals surface area contributed by atoms with Gasteiger partial charge in [-0.1, -0.05) is 61.4 Å². The Morgan fingerprint density at radius 1 is 0.545 bits per heavy atom. The van der Waals surface area contributed by atoms with Crippen LogP contribution in [-0.4, -0.2) is 5.43 Å². The minimum Gasteiger partial charge on any atom is -0.166 e. The summed E-state index contributed by atoms with van der Waals surface area (Å²) in [6.07, 6.45) is -8.58. The molecule has 0 amide bonds. The Balaban J connectivity index is 0.000000179. The van der Waals surface area contributed by atoms with Crippen LogP contribution in [0.4, 0.5) is 26.3 Å². The Hall–Kier alpha value is -3.22. The molecule has 44 heavy (non-hydrogen) atoms. The van der Waals surface area contributed by atoms with Crippen molar-refractivity contribution in [2.45, 2.75) is 39.3 Å². The molecule has 6 aromatic carbocycles. The Morgan fingerprint density at radius 2 is 0.864 bits per heavy atom. The van der Waals surface area contributed by atoms with Gasteiger partial charge in [0.2, 0.25) is 0 Å². The molecular formula is C36H30F6SiZr. The summed E-state index contributed by atoms with van der Waals surface area (Å²) < 4.78 is 75.5. The molecule has 0 atom stereocenters. The molecule has 0 aliphatic heterocycles. The predicted octanol–water partition coefficient (Wildman–Crippen LogP) is 11.9. The van der Waals surface area contributed by atoms with Crippen molar-refractivity contribution in [1.82, 2.24) is 0 Å². The molecule has 0 aromatic heterocycles. The molecule has 0 saturated carbocycles. The minimum absolute atomic E-state index is 0.210. The van der Waals surface area contributed by atoms with Crippen molar-refractivity contribution in [3.63, 3.8) is 0 Å². The first-order valence-electron chi connectivity index (χ1n) is 13.8. The van der Waals surface area contributed by atoms with E-state index in [2.05, 4.69) is 37.4 Å². The van der Waals surface area contributed by atoms with Crippen LogP contribution in [0.2, 0.25) is 13.1 Å². The fourth-order valence-corrected chi connectivity index (χ4v) is 4.95. The molecule has 0 aliphatic carbocycles. The first-order chi connectivity index (χ1) is 20.6. The summed E-state index contributed by atoms with van der Waals surface area (Å²) in [6, 6.07) is 30.6. The van der Waals surface area contributed by atoms with Crippen LogP contribution in [-0.2, 0) is 35.7 Å². The van der Waals surface area contributed by atoms with Gasteiger partial charge in [-0.3, -0.25) is 0 Å². The van der Waals surface area contributed by atoms with Crippen molar-refractivity contribution in [3.8, 4) is 22.3 Å². The van der Waals surface area contributed by atoms with Gasteiger partial charge in [0.25, 0.3) is 0 Å². The molecule has 224 valence electrons. The van der Waals surface area contributed by atoms with Crippen LogP contribution in [0.1, 0.15) is 22.3 Å². The van der Waals surface area contributed by atoms with Gasteiger partial charge in [0.1, 0.15) is 0 Å². The first-order valence-corrected chi connectivity index (χ1v) is 20.0. The fourth-order valence-electron chi connectivity index (χ4n) is 4.95. The number of hydrogen-bond acceptors (Lipinski definition) is 0. The molecule has 0 radical (unpaired) electrons. The van der Waals surface area contributed by atoms with Crippen LogP contribution >= 0.6 is 0 Å². The van der Waals surface area contributed by atoms with Crippen LogP contribution in [0.5, 0.6) is 0 Å². The second kappa shape index (κ2) is 13.8. The van der Waals surface area contributed by atoms with Crippen molar-refractivity contribution < 1.29 is 49.7 Å². The second-order valence-electron chi connectivity index (χ2n) is 10.8. The first kappa shape index (κ1) is 33.7. The van der Waals surface area contributed by atoms with E-state index in [1.54, 1.807) is 23.3 Å². The predicted molar refractivity (Wildman–Crippen MR) is 167 cm³/mol. The van der Waals surface area contributed by atoms with E-state index in [1.165, 1.54) is 24.3 Å². The molecule has 0 aliphatic rings. The van der Waals surface area contributed by atoms with E-state index in [9.17, 15) is 26.3 Å². The second-order valence-corrected chi connectivity index (χ2v) is 20.2. The molecule has 0 fully saturated rings. The average molecular weight is 696 g/mol. The third-order valence-electron chi connectivity index (χ3n) is 6.84. The maximum atomic E-state index is 12.6. The monoisotopic (exact) mass is 694 g/mol. The van der Waals surface area contributed by atoms with Crippen molar-refractivity contribution in [1.29, 1.82) is 0 Å². The van der Waals surface area contributed by atoms with E-state index < -0.39 is 23.5 Å². The summed E-state index contributed by atoms with van der Waals surface area (Å²) in [6.45, 7) is 8.64. The van der Waals surface area contributed by atoms with Gasteiger partial charge in [-0.05, 0) is 35.4 Å². The maximum Gasteiger partial charge on any atom is 0.416 e. The van der Waals surface area contributed by atoms with Crippen LogP contribution in [0.3, 0.4) is 0 Å². The zero-order valence-electron chi connectivity index (χ0n) is 24.7. The number of aryl methyl sites for hydroxylation is 2. The van der Waals surface area contributed by atoms with Crippen LogP contribution < -0.4 is 0 Å². The molecule has 0 unspecified atom stereocenters. The number of rotatable bonds is 2. The Morgan fingerprint density at radius 3 is 1.16 bits per heavy atom. The Labute approximate surface area is 268 Å². The molecule has 6 rings (SSSR count). The zero-order valence-corrected chi connectivity index (χ0v) is 28.1. The van der Waals surface area contributed by atoms with E-state index in [-0.39, 0.29) is 5.43 Å². The molecule has 8 heteroatoms. The zero-order chi connectivity index (χ0) is 32.2. The number of benzene rings is 4. The van der Waals surface area contributed by atoms with E-state index in [0.29, 0.717) is 0 Å². The minimum atomic E-state index is -4.29. The van der Waals surface area contributed by atoms with Crippen LogP contribution in [0.15, 0.2) is 109 Å². The van der Waals surface area contributed by atoms with Crippen molar-refractivity contribution in [2.75, 3.05) is 0 Å². The molecular weight excluding hydrogens is 666 g/mol. The SMILES string of the molecule is C[Si](C)=[Zr+2].Cc1cc2c(-c3ccc(C(F)(F)F)cc3)cccc2[cH-]1.Cc1cc2c(-c3ccc(C(F)(F)F)cc3)cccc2[cH-]1. The average Bonchev–Trinajstić information content (AvgIpc) is 3.53. The summed E-state index contributed by atoms with van der Waals surface area (Å²) >= 11 is 1.74. The Bertz CT molecular complexity index is 1730. The van der Waals surface area contributed by atoms with E-state index in [1.807, 2.05) is 50.2 Å². The summed E-state index contributed by atoms with van der Waals surface area (Å²) in [5, 5.41) is 4.37. The van der Waals surface area contributed by atoms with Crippen molar-refractivity contribution >= 4 is 27.0 Å². The summed E-state index contributed by atoms with van der Waals surface area (Å²) in [4.78, 5) is 0. The van der Waals surface area contributed by atoms with Crippen molar-refractivity contribution in [2.24, 2.45) is 0 Å². The number of hydrogen-bond donors (Lipinski definition) is 0. The normalized spacial score (nSPS) is 11.5. The molecule has 6 aromatic rings. The van der Waals surface area contributed by atoms with Crippen molar-refractivity contribution in [3.05, 3.63) is 131 Å². The van der Waals surface area contributed by atoms with Gasteiger partial charge >= 0.3 is 54.2 Å².